The molecule has 2 heterocycles. The van der Waals surface area contributed by atoms with Crippen LogP contribution in [0.1, 0.15) is 16.2 Å². The molecular weight excluding hydrogens is 621 g/mol. The predicted molar refractivity (Wildman–Crippen MR) is 158 cm³/mol. The van der Waals surface area contributed by atoms with E-state index in [9.17, 15) is 13.6 Å². The van der Waals surface area contributed by atoms with E-state index in [1.54, 1.807) is 42.5 Å². The van der Waals surface area contributed by atoms with Gasteiger partial charge in [-0.25, -0.2) is 28.7 Å². The molecule has 0 bridgehead atoms. The van der Waals surface area contributed by atoms with Gasteiger partial charge in [0.2, 0.25) is 0 Å². The van der Waals surface area contributed by atoms with E-state index < -0.39 is 5.82 Å². The zero-order chi connectivity index (χ0) is 28.2. The van der Waals surface area contributed by atoms with Gasteiger partial charge in [0.1, 0.15) is 34.1 Å². The van der Waals surface area contributed by atoms with Crippen LogP contribution in [0.4, 0.5) is 8.78 Å². The summed E-state index contributed by atoms with van der Waals surface area (Å²) in [5, 5.41) is 1.51. The van der Waals surface area contributed by atoms with Crippen LogP contribution in [0.2, 0.25) is 10.0 Å². The van der Waals surface area contributed by atoms with Crippen LogP contribution in [0, 0.1) is 11.6 Å². The molecule has 0 spiro atoms. The number of halogens is 5. The van der Waals surface area contributed by atoms with Crippen LogP contribution in [0.3, 0.4) is 0 Å². The van der Waals surface area contributed by atoms with Crippen LogP contribution in [0.25, 0.3) is 44.6 Å². The lowest BCUT2D eigenvalue weighted by Gasteiger charge is -2.09. The normalized spacial score (nSPS) is 10.8. The Bertz CT molecular complexity index is 1890. The number of hydrogen-bond acceptors (Lipinski definition) is 5. The molecule has 0 atom stereocenters. The van der Waals surface area contributed by atoms with E-state index in [2.05, 4.69) is 35.9 Å². The minimum Gasteiger partial charge on any atom is -0.296 e. The summed E-state index contributed by atoms with van der Waals surface area (Å²) in [6.07, 6.45) is 0.605. The number of carbonyl (C=O) groups is 1. The predicted octanol–water partition coefficient (Wildman–Crippen LogP) is 8.89. The van der Waals surface area contributed by atoms with Crippen molar-refractivity contribution in [1.29, 1.82) is 0 Å². The molecule has 2 aromatic heterocycles. The monoisotopic (exact) mass is 636 g/mol. The first kappa shape index (κ1) is 27.7. The van der Waals surface area contributed by atoms with Gasteiger partial charge in [-0.3, -0.25) is 4.79 Å². The van der Waals surface area contributed by atoms with E-state index >= 15 is 0 Å². The number of para-hydroxylation sites is 2. The fourth-order valence-electron chi connectivity index (χ4n) is 4.03. The Labute approximate surface area is 246 Å². The summed E-state index contributed by atoms with van der Waals surface area (Å²) in [5.74, 6) is -0.704. The minimum atomic E-state index is -0.402. The highest BCUT2D eigenvalue weighted by atomic mass is 79.9. The van der Waals surface area contributed by atoms with Gasteiger partial charge in [0.15, 0.2) is 6.29 Å². The highest BCUT2D eigenvalue weighted by molar-refractivity contribution is 9.08. The molecule has 40 heavy (non-hydrogen) atoms. The number of hydrogen-bond donors (Lipinski definition) is 0. The summed E-state index contributed by atoms with van der Waals surface area (Å²) in [5.41, 5.74) is 5.41. The third-order valence-corrected chi connectivity index (χ3v) is 6.97. The molecule has 0 amide bonds. The van der Waals surface area contributed by atoms with Crippen molar-refractivity contribution < 1.29 is 13.6 Å². The lowest BCUT2D eigenvalue weighted by Crippen LogP contribution is -1.98. The quantitative estimate of drug-likeness (QED) is 0.143. The summed E-state index contributed by atoms with van der Waals surface area (Å²) in [7, 11) is 0. The lowest BCUT2D eigenvalue weighted by atomic mass is 10.1. The number of fused-ring (bicyclic) bond motifs is 2. The Kier molecular flexibility index (Phi) is 8.40. The van der Waals surface area contributed by atoms with Gasteiger partial charge in [-0.05, 0) is 48.5 Å². The van der Waals surface area contributed by atoms with Crippen molar-refractivity contribution >= 4 is 67.5 Å². The third kappa shape index (κ3) is 5.84. The molecule has 6 rings (SSSR count). The minimum absolute atomic E-state index is 0.158. The summed E-state index contributed by atoms with van der Waals surface area (Å²) in [6.45, 7) is 0. The number of aldehydes is 1. The van der Waals surface area contributed by atoms with E-state index in [0.29, 0.717) is 60.7 Å². The largest absolute Gasteiger partial charge is 0.296 e. The zero-order valence-electron chi connectivity index (χ0n) is 20.5. The van der Waals surface area contributed by atoms with Crippen molar-refractivity contribution in [1.82, 2.24) is 19.9 Å². The third-order valence-electron chi connectivity index (χ3n) is 5.82. The Morgan fingerprint density at radius 1 is 0.675 bits per heavy atom. The fourth-order valence-corrected chi connectivity index (χ4v) is 4.84. The Balaban J connectivity index is 0.000000161. The van der Waals surface area contributed by atoms with Crippen molar-refractivity contribution in [2.24, 2.45) is 0 Å². The number of carbonyl (C=O) groups excluding carboxylic acids is 1. The number of nitrogens with zero attached hydrogens (tertiary/aromatic N) is 4. The van der Waals surface area contributed by atoms with Crippen LogP contribution in [-0.2, 0) is 5.33 Å². The molecule has 0 fully saturated rings. The molecule has 4 aromatic carbocycles. The average molecular weight is 638 g/mol. The van der Waals surface area contributed by atoms with Crippen LogP contribution >= 0.6 is 39.1 Å². The molecule has 6 aromatic rings. The van der Waals surface area contributed by atoms with Gasteiger partial charge in [0, 0.05) is 16.5 Å². The van der Waals surface area contributed by atoms with Gasteiger partial charge < -0.3 is 0 Å². The zero-order valence-corrected chi connectivity index (χ0v) is 23.6. The first-order valence-corrected chi connectivity index (χ1v) is 13.7. The molecule has 0 N–H and O–H groups in total. The van der Waals surface area contributed by atoms with Gasteiger partial charge in [0.05, 0.1) is 32.5 Å². The fraction of sp³-hybridized carbons (Fsp3) is 0.0333. The van der Waals surface area contributed by atoms with Crippen LogP contribution in [0.15, 0.2) is 84.9 Å². The van der Waals surface area contributed by atoms with Crippen LogP contribution in [-0.4, -0.2) is 26.2 Å². The first-order valence-electron chi connectivity index (χ1n) is 11.8. The Morgan fingerprint density at radius 3 is 1.70 bits per heavy atom. The Morgan fingerprint density at radius 2 is 1.18 bits per heavy atom. The molecule has 0 aliphatic carbocycles. The van der Waals surface area contributed by atoms with Gasteiger partial charge in [-0.1, -0.05) is 75.5 Å². The van der Waals surface area contributed by atoms with Gasteiger partial charge in [0.25, 0.3) is 0 Å². The molecule has 0 aliphatic rings. The van der Waals surface area contributed by atoms with E-state index in [0.717, 1.165) is 11.2 Å². The maximum absolute atomic E-state index is 13.4. The lowest BCUT2D eigenvalue weighted by molar-refractivity contribution is 0.111. The summed E-state index contributed by atoms with van der Waals surface area (Å²) >= 11 is 15.6. The molecule has 10 heteroatoms. The van der Waals surface area contributed by atoms with Gasteiger partial charge in [-0.2, -0.15) is 0 Å². The van der Waals surface area contributed by atoms with E-state index in [1.165, 1.54) is 24.3 Å². The maximum Gasteiger partial charge on any atom is 0.170 e. The SMILES string of the molecule is Fc1cccc(-c2nc3c(Cl)cccc3nc2CBr)c1.O=Cc1nc2cccc(Cl)c2nc1-c1cccc(F)c1. The highest BCUT2D eigenvalue weighted by Crippen LogP contribution is 2.29. The van der Waals surface area contributed by atoms with E-state index in [4.69, 9.17) is 23.2 Å². The van der Waals surface area contributed by atoms with Crippen molar-refractivity contribution in [2.45, 2.75) is 5.33 Å². The smallest absolute Gasteiger partial charge is 0.170 e. The van der Waals surface area contributed by atoms with Crippen LogP contribution in [0.5, 0.6) is 0 Å². The molecule has 0 unspecified atom stereocenters. The summed E-state index contributed by atoms with van der Waals surface area (Å²) in [4.78, 5) is 28.9. The van der Waals surface area contributed by atoms with Crippen molar-refractivity contribution in [3.8, 4) is 22.5 Å². The van der Waals surface area contributed by atoms with Crippen LogP contribution < -0.4 is 0 Å². The molecule has 198 valence electrons. The van der Waals surface area contributed by atoms with Crippen molar-refractivity contribution in [3.05, 3.63) is 118 Å². The number of rotatable bonds is 4. The topological polar surface area (TPSA) is 68.6 Å². The van der Waals surface area contributed by atoms with Gasteiger partial charge >= 0.3 is 0 Å². The second-order valence-electron chi connectivity index (χ2n) is 8.46. The number of aromatic nitrogens is 4. The number of benzene rings is 4. The molecule has 5 nitrogen and oxygen atoms in total. The maximum atomic E-state index is 13.4. The standard InChI is InChI=1S/C15H9BrClFN2.C15H8ClFN2O/c16-8-13-14(9-3-1-4-10(18)7-9)20-15-11(17)5-2-6-12(15)19-13;16-11-5-2-6-12-15(11)19-14(13(8-20)18-12)9-3-1-4-10(17)7-9/h1-7H,8H2;1-8H. The second kappa shape index (κ2) is 12.1. The highest BCUT2D eigenvalue weighted by Gasteiger charge is 2.14. The summed E-state index contributed by atoms with van der Waals surface area (Å²) in [6, 6.07) is 22.8. The molecule has 0 saturated carbocycles. The molecular formula is C30H17BrCl2F2N4O. The van der Waals surface area contributed by atoms with E-state index in [-0.39, 0.29) is 11.5 Å². The second-order valence-corrected chi connectivity index (χ2v) is 9.84. The molecule has 0 aliphatic heterocycles. The number of alkyl halides is 1. The molecule has 0 radical (unpaired) electrons. The molecule has 0 saturated heterocycles. The average Bonchev–Trinajstić information content (AvgIpc) is 2.96. The first-order chi connectivity index (χ1) is 19.4. The van der Waals surface area contributed by atoms with Crippen molar-refractivity contribution in [3.63, 3.8) is 0 Å². The van der Waals surface area contributed by atoms with Crippen molar-refractivity contribution in [2.75, 3.05) is 0 Å². The Hall–Kier alpha value is -3.85. The van der Waals surface area contributed by atoms with E-state index in [1.807, 2.05) is 18.2 Å². The van der Waals surface area contributed by atoms with Gasteiger partial charge in [-0.15, -0.1) is 0 Å². The summed E-state index contributed by atoms with van der Waals surface area (Å²) < 4.78 is 26.7.